The summed E-state index contributed by atoms with van der Waals surface area (Å²) >= 11 is 0. The largest absolute Gasteiger partial charge is 0.354 e. The Morgan fingerprint density at radius 2 is 1.94 bits per heavy atom. The van der Waals surface area contributed by atoms with E-state index in [-0.39, 0.29) is 28.9 Å². The first-order valence-corrected chi connectivity index (χ1v) is 8.49. The highest BCUT2D eigenvalue weighted by Crippen LogP contribution is 2.25. The topological polar surface area (TPSA) is 89.3 Å². The molecular weight excluding hydrogens is 252 g/mol. The molecule has 1 heterocycles. The number of nitrogens with two attached hydrogens (primary N) is 1. The molecule has 2 aliphatic rings. The molecule has 6 heteroatoms. The van der Waals surface area contributed by atoms with E-state index in [0.717, 1.165) is 25.7 Å². The number of carbonyl (C=O) groups excluding carboxylic acids is 1. The van der Waals surface area contributed by atoms with Crippen molar-refractivity contribution in [1.29, 1.82) is 0 Å². The van der Waals surface area contributed by atoms with Crippen molar-refractivity contribution in [1.82, 2.24) is 5.32 Å². The number of sulfone groups is 1. The van der Waals surface area contributed by atoms with Gasteiger partial charge in [-0.25, -0.2) is 8.42 Å². The van der Waals surface area contributed by atoms with Gasteiger partial charge in [0.25, 0.3) is 0 Å². The predicted molar refractivity (Wildman–Crippen MR) is 69.8 cm³/mol. The fourth-order valence-electron chi connectivity index (χ4n) is 2.84. The molecule has 1 unspecified atom stereocenters. The normalized spacial score (nSPS) is 29.9. The molecule has 1 aliphatic carbocycles. The zero-order valence-electron chi connectivity index (χ0n) is 10.7. The lowest BCUT2D eigenvalue weighted by molar-refractivity contribution is -0.124. The van der Waals surface area contributed by atoms with E-state index in [1.807, 2.05) is 0 Å². The highest BCUT2D eigenvalue weighted by Gasteiger charge is 2.34. The van der Waals surface area contributed by atoms with Crippen molar-refractivity contribution >= 4 is 15.7 Å². The summed E-state index contributed by atoms with van der Waals surface area (Å²) in [4.78, 5) is 11.9. The van der Waals surface area contributed by atoms with Gasteiger partial charge >= 0.3 is 0 Å². The number of carbonyl (C=O) groups is 1. The smallest absolute Gasteiger partial charge is 0.224 e. The molecule has 0 spiro atoms. The average Bonchev–Trinajstić information content (AvgIpc) is 2.68. The maximum Gasteiger partial charge on any atom is 0.224 e. The summed E-state index contributed by atoms with van der Waals surface area (Å²) < 4.78 is 22.6. The molecule has 0 aromatic rings. The third-order valence-electron chi connectivity index (χ3n) is 4.07. The van der Waals surface area contributed by atoms with E-state index in [4.69, 9.17) is 5.73 Å². The van der Waals surface area contributed by atoms with Gasteiger partial charge in [0.2, 0.25) is 5.91 Å². The lowest BCUT2D eigenvalue weighted by atomic mass is 9.82. The van der Waals surface area contributed by atoms with Crippen LogP contribution in [0.3, 0.4) is 0 Å². The lowest BCUT2D eigenvalue weighted by Gasteiger charge is -2.33. The van der Waals surface area contributed by atoms with E-state index >= 15 is 0 Å². The van der Waals surface area contributed by atoms with Crippen LogP contribution in [0.25, 0.3) is 0 Å². The third-order valence-corrected chi connectivity index (χ3v) is 5.84. The molecule has 0 bridgehead atoms. The average molecular weight is 274 g/mol. The Morgan fingerprint density at radius 1 is 1.28 bits per heavy atom. The highest BCUT2D eigenvalue weighted by molar-refractivity contribution is 7.91. The van der Waals surface area contributed by atoms with Crippen LogP contribution in [-0.4, -0.2) is 37.9 Å². The summed E-state index contributed by atoms with van der Waals surface area (Å²) in [6, 6.07) is 0. The number of hydrogen-bond donors (Lipinski definition) is 2. The van der Waals surface area contributed by atoms with Crippen LogP contribution in [0.4, 0.5) is 0 Å². The van der Waals surface area contributed by atoms with Crippen molar-refractivity contribution < 1.29 is 13.2 Å². The van der Waals surface area contributed by atoms with Crippen molar-refractivity contribution in [3.8, 4) is 0 Å². The summed E-state index contributed by atoms with van der Waals surface area (Å²) in [7, 11) is -2.99. The molecule has 2 fully saturated rings. The molecule has 1 saturated heterocycles. The van der Waals surface area contributed by atoms with Gasteiger partial charge in [0.1, 0.15) is 0 Å². The zero-order valence-corrected chi connectivity index (χ0v) is 11.5. The van der Waals surface area contributed by atoms with Crippen LogP contribution in [-0.2, 0) is 14.6 Å². The second-order valence-electron chi connectivity index (χ2n) is 5.74. The zero-order chi connectivity index (χ0) is 13.2. The van der Waals surface area contributed by atoms with E-state index in [2.05, 4.69) is 5.32 Å². The molecule has 1 saturated carbocycles. The van der Waals surface area contributed by atoms with E-state index in [1.165, 1.54) is 6.42 Å². The van der Waals surface area contributed by atoms with Crippen molar-refractivity contribution in [2.75, 3.05) is 18.1 Å². The van der Waals surface area contributed by atoms with Crippen LogP contribution in [0.1, 0.15) is 38.5 Å². The van der Waals surface area contributed by atoms with Crippen molar-refractivity contribution in [2.24, 2.45) is 11.7 Å². The van der Waals surface area contributed by atoms with Crippen molar-refractivity contribution in [2.45, 2.75) is 44.1 Å². The van der Waals surface area contributed by atoms with Gasteiger partial charge in [-0.3, -0.25) is 4.79 Å². The maximum absolute atomic E-state index is 11.9. The molecule has 0 aromatic heterocycles. The summed E-state index contributed by atoms with van der Waals surface area (Å²) in [5.74, 6) is -0.386. The minimum Gasteiger partial charge on any atom is -0.354 e. The maximum atomic E-state index is 11.9. The Labute approximate surface area is 108 Å². The lowest BCUT2D eigenvalue weighted by Crippen LogP contribution is -2.52. The first-order valence-electron chi connectivity index (χ1n) is 6.67. The van der Waals surface area contributed by atoms with Gasteiger partial charge in [0.15, 0.2) is 9.84 Å². The molecule has 3 N–H and O–H groups in total. The van der Waals surface area contributed by atoms with Gasteiger partial charge in [-0.2, -0.15) is 0 Å². The summed E-state index contributed by atoms with van der Waals surface area (Å²) in [6.07, 6.45) is 5.78. The quantitative estimate of drug-likeness (QED) is 0.769. The van der Waals surface area contributed by atoms with Gasteiger partial charge in [-0.15, -0.1) is 0 Å². The Hall–Kier alpha value is -0.620. The summed E-state index contributed by atoms with van der Waals surface area (Å²) in [6.45, 7) is 0.475. The van der Waals surface area contributed by atoms with Crippen LogP contribution in [0.15, 0.2) is 0 Å². The summed E-state index contributed by atoms with van der Waals surface area (Å²) in [5, 5.41) is 2.84. The highest BCUT2D eigenvalue weighted by atomic mass is 32.2. The molecule has 0 aromatic carbocycles. The molecule has 0 radical (unpaired) electrons. The Bertz CT molecular complexity index is 413. The Morgan fingerprint density at radius 3 is 2.50 bits per heavy atom. The van der Waals surface area contributed by atoms with Crippen LogP contribution in [0.5, 0.6) is 0 Å². The fourth-order valence-corrected chi connectivity index (χ4v) is 4.58. The number of nitrogens with one attached hydrogen (secondary N) is 1. The monoisotopic (exact) mass is 274 g/mol. The van der Waals surface area contributed by atoms with Gasteiger partial charge in [0, 0.05) is 12.1 Å². The SMILES string of the molecule is NC1(CNC(=O)C2CCS(=O)(=O)C2)CCCCC1. The fraction of sp³-hybridized carbons (Fsp3) is 0.917. The predicted octanol–water partition coefficient (Wildman–Crippen LogP) is 0.199. The molecule has 104 valence electrons. The molecule has 18 heavy (non-hydrogen) atoms. The molecule has 2 rings (SSSR count). The van der Waals surface area contributed by atoms with E-state index in [1.54, 1.807) is 0 Å². The minimum atomic E-state index is -2.99. The summed E-state index contributed by atoms with van der Waals surface area (Å²) in [5.41, 5.74) is 5.94. The standard InChI is InChI=1S/C12H22N2O3S/c13-12(5-2-1-3-6-12)9-14-11(15)10-4-7-18(16,17)8-10/h10H,1-9,13H2,(H,14,15). The second kappa shape index (κ2) is 5.17. The van der Waals surface area contributed by atoms with Crippen LogP contribution in [0, 0.1) is 5.92 Å². The Balaban J connectivity index is 1.81. The van der Waals surface area contributed by atoms with Gasteiger partial charge < -0.3 is 11.1 Å². The van der Waals surface area contributed by atoms with Gasteiger partial charge in [-0.1, -0.05) is 19.3 Å². The van der Waals surface area contributed by atoms with Crippen molar-refractivity contribution in [3.63, 3.8) is 0 Å². The molecule has 1 amide bonds. The second-order valence-corrected chi connectivity index (χ2v) is 7.97. The van der Waals surface area contributed by atoms with Crippen LogP contribution in [0.2, 0.25) is 0 Å². The Kier molecular flexibility index (Phi) is 3.96. The number of amides is 1. The number of rotatable bonds is 3. The molecular formula is C12H22N2O3S. The van der Waals surface area contributed by atoms with Crippen LogP contribution < -0.4 is 11.1 Å². The first-order chi connectivity index (χ1) is 8.40. The van der Waals surface area contributed by atoms with E-state index in [0.29, 0.717) is 13.0 Å². The van der Waals surface area contributed by atoms with Gasteiger partial charge in [0.05, 0.1) is 17.4 Å². The van der Waals surface area contributed by atoms with E-state index < -0.39 is 9.84 Å². The third kappa shape index (κ3) is 3.45. The molecule has 1 aliphatic heterocycles. The van der Waals surface area contributed by atoms with Crippen molar-refractivity contribution in [3.05, 3.63) is 0 Å². The number of hydrogen-bond acceptors (Lipinski definition) is 4. The molecule has 5 nitrogen and oxygen atoms in total. The minimum absolute atomic E-state index is 0.00357. The van der Waals surface area contributed by atoms with Crippen LogP contribution >= 0.6 is 0 Å². The van der Waals surface area contributed by atoms with E-state index in [9.17, 15) is 13.2 Å². The molecule has 1 atom stereocenters. The van der Waals surface area contributed by atoms with Gasteiger partial charge in [-0.05, 0) is 19.3 Å². The first kappa shape index (κ1) is 13.8.